The molecule has 2 rings (SSSR count). The Morgan fingerprint density at radius 1 is 0.900 bits per heavy atom. The van der Waals surface area contributed by atoms with E-state index in [1.165, 1.54) is 22.3 Å². The molecule has 0 saturated heterocycles. The van der Waals surface area contributed by atoms with Crippen LogP contribution in [0.4, 0.5) is 0 Å². The predicted octanol–water partition coefficient (Wildman–Crippen LogP) is 4.33. The number of likely N-dealkylation sites (N-methyl/N-ethyl adjacent to an activating group) is 1. The van der Waals surface area contributed by atoms with Crippen molar-refractivity contribution < 1.29 is 0 Å². The molecule has 2 aromatic carbocycles. The highest BCUT2D eigenvalue weighted by Crippen LogP contribution is 2.15. The summed E-state index contributed by atoms with van der Waals surface area (Å²) in [6.07, 6.45) is 2.06. The highest BCUT2D eigenvalue weighted by atomic mass is 35.5. The van der Waals surface area contributed by atoms with Crippen LogP contribution in [0.3, 0.4) is 0 Å². The quantitative estimate of drug-likeness (QED) is 0.863. The molecule has 0 aliphatic rings. The fourth-order valence-electron chi connectivity index (χ4n) is 2.40. The van der Waals surface area contributed by atoms with E-state index in [1.54, 1.807) is 0 Å². The molecule has 1 atom stereocenters. The van der Waals surface area contributed by atoms with Gasteiger partial charge in [-0.2, -0.15) is 0 Å². The maximum absolute atomic E-state index is 5.93. The Hall–Kier alpha value is -1.31. The predicted molar refractivity (Wildman–Crippen MR) is 87.6 cm³/mol. The Morgan fingerprint density at radius 2 is 1.50 bits per heavy atom. The molecule has 0 radical (unpaired) electrons. The Labute approximate surface area is 127 Å². The van der Waals surface area contributed by atoms with Gasteiger partial charge in [0.05, 0.1) is 0 Å². The summed E-state index contributed by atoms with van der Waals surface area (Å²) in [6, 6.07) is 15.3. The van der Waals surface area contributed by atoms with Crippen molar-refractivity contribution in [2.75, 3.05) is 7.05 Å². The molecular formula is C18H22ClN. The fourth-order valence-corrected chi connectivity index (χ4v) is 2.52. The summed E-state index contributed by atoms with van der Waals surface area (Å²) in [5, 5.41) is 4.21. The summed E-state index contributed by atoms with van der Waals surface area (Å²) >= 11 is 5.93. The smallest absolute Gasteiger partial charge is 0.0406 e. The number of nitrogens with one attached hydrogen (secondary N) is 1. The van der Waals surface area contributed by atoms with Crippen molar-refractivity contribution in [2.45, 2.75) is 32.7 Å². The number of halogens is 1. The third-order valence-electron chi connectivity index (χ3n) is 3.86. The maximum Gasteiger partial charge on any atom is 0.0406 e. The molecule has 0 bridgehead atoms. The molecular weight excluding hydrogens is 266 g/mol. The zero-order chi connectivity index (χ0) is 14.5. The topological polar surface area (TPSA) is 12.0 Å². The van der Waals surface area contributed by atoms with Crippen LogP contribution in [-0.4, -0.2) is 13.1 Å². The van der Waals surface area contributed by atoms with Gasteiger partial charge in [-0.25, -0.2) is 0 Å². The number of aryl methyl sites for hydroxylation is 2. The minimum absolute atomic E-state index is 0.443. The Bertz CT molecular complexity index is 560. The van der Waals surface area contributed by atoms with E-state index in [0.29, 0.717) is 6.04 Å². The van der Waals surface area contributed by atoms with Gasteiger partial charge in [0.1, 0.15) is 0 Å². The Morgan fingerprint density at radius 3 is 2.10 bits per heavy atom. The molecule has 0 saturated carbocycles. The molecule has 1 N–H and O–H groups in total. The van der Waals surface area contributed by atoms with Crippen molar-refractivity contribution in [3.8, 4) is 0 Å². The van der Waals surface area contributed by atoms with Gasteiger partial charge in [0.15, 0.2) is 0 Å². The normalized spacial score (nSPS) is 12.4. The van der Waals surface area contributed by atoms with Gasteiger partial charge in [-0.3, -0.25) is 0 Å². The van der Waals surface area contributed by atoms with Crippen LogP contribution < -0.4 is 5.32 Å². The first kappa shape index (κ1) is 15.1. The largest absolute Gasteiger partial charge is 0.316 e. The van der Waals surface area contributed by atoms with E-state index >= 15 is 0 Å². The molecule has 0 aliphatic heterocycles. The van der Waals surface area contributed by atoms with Crippen molar-refractivity contribution in [1.29, 1.82) is 0 Å². The molecule has 0 heterocycles. The summed E-state index contributed by atoms with van der Waals surface area (Å²) in [5.74, 6) is 0. The highest BCUT2D eigenvalue weighted by Gasteiger charge is 2.09. The van der Waals surface area contributed by atoms with Crippen molar-refractivity contribution in [1.82, 2.24) is 5.32 Å². The zero-order valence-electron chi connectivity index (χ0n) is 12.4. The van der Waals surface area contributed by atoms with Crippen molar-refractivity contribution in [3.05, 3.63) is 69.7 Å². The first-order valence-corrected chi connectivity index (χ1v) is 7.44. The van der Waals surface area contributed by atoms with E-state index in [2.05, 4.69) is 49.5 Å². The van der Waals surface area contributed by atoms with Crippen LogP contribution in [0.2, 0.25) is 5.02 Å². The van der Waals surface area contributed by atoms with E-state index in [1.807, 2.05) is 19.2 Å². The molecule has 106 valence electrons. The number of rotatable bonds is 5. The molecule has 20 heavy (non-hydrogen) atoms. The lowest BCUT2D eigenvalue weighted by Crippen LogP contribution is -2.29. The third-order valence-corrected chi connectivity index (χ3v) is 4.11. The van der Waals surface area contributed by atoms with Gasteiger partial charge in [0.2, 0.25) is 0 Å². The third kappa shape index (κ3) is 4.09. The van der Waals surface area contributed by atoms with Gasteiger partial charge >= 0.3 is 0 Å². The summed E-state index contributed by atoms with van der Waals surface area (Å²) in [5.41, 5.74) is 5.43. The first-order valence-electron chi connectivity index (χ1n) is 7.06. The van der Waals surface area contributed by atoms with Crippen LogP contribution in [0.25, 0.3) is 0 Å². The molecule has 0 spiro atoms. The minimum atomic E-state index is 0.443. The van der Waals surface area contributed by atoms with Crippen molar-refractivity contribution in [3.63, 3.8) is 0 Å². The number of hydrogen-bond donors (Lipinski definition) is 1. The number of hydrogen-bond acceptors (Lipinski definition) is 1. The lowest BCUT2D eigenvalue weighted by atomic mass is 9.97. The van der Waals surface area contributed by atoms with Crippen LogP contribution in [0.1, 0.15) is 22.3 Å². The SMILES string of the molecule is CNC(Cc1ccc(Cl)cc1)Cc1ccc(C)c(C)c1. The fraction of sp³-hybridized carbons (Fsp3) is 0.333. The van der Waals surface area contributed by atoms with E-state index in [9.17, 15) is 0 Å². The molecule has 2 heteroatoms. The van der Waals surface area contributed by atoms with Gasteiger partial charge in [-0.05, 0) is 68.1 Å². The summed E-state index contributed by atoms with van der Waals surface area (Å²) < 4.78 is 0. The summed E-state index contributed by atoms with van der Waals surface area (Å²) in [7, 11) is 2.03. The van der Waals surface area contributed by atoms with E-state index in [-0.39, 0.29) is 0 Å². The molecule has 1 unspecified atom stereocenters. The second-order valence-corrected chi connectivity index (χ2v) is 5.88. The monoisotopic (exact) mass is 287 g/mol. The van der Waals surface area contributed by atoms with Gasteiger partial charge in [-0.1, -0.05) is 41.9 Å². The molecule has 0 aliphatic carbocycles. The van der Waals surface area contributed by atoms with Gasteiger partial charge < -0.3 is 5.32 Å². The maximum atomic E-state index is 5.93. The average molecular weight is 288 g/mol. The molecule has 0 fully saturated rings. The molecule has 1 nitrogen and oxygen atoms in total. The highest BCUT2D eigenvalue weighted by molar-refractivity contribution is 6.30. The van der Waals surface area contributed by atoms with Gasteiger partial charge in [-0.15, -0.1) is 0 Å². The Balaban J connectivity index is 2.04. The average Bonchev–Trinajstić information content (AvgIpc) is 2.44. The van der Waals surface area contributed by atoms with Gasteiger partial charge in [0, 0.05) is 11.1 Å². The second-order valence-electron chi connectivity index (χ2n) is 5.44. The second kappa shape index (κ2) is 6.92. The van der Waals surface area contributed by atoms with Crippen LogP contribution in [0.5, 0.6) is 0 Å². The number of benzene rings is 2. The summed E-state index contributed by atoms with van der Waals surface area (Å²) in [4.78, 5) is 0. The molecule has 0 amide bonds. The van der Waals surface area contributed by atoms with E-state index < -0.39 is 0 Å². The van der Waals surface area contributed by atoms with E-state index in [0.717, 1.165) is 17.9 Å². The van der Waals surface area contributed by atoms with Crippen molar-refractivity contribution in [2.24, 2.45) is 0 Å². The van der Waals surface area contributed by atoms with Crippen molar-refractivity contribution >= 4 is 11.6 Å². The van der Waals surface area contributed by atoms with Crippen LogP contribution in [-0.2, 0) is 12.8 Å². The van der Waals surface area contributed by atoms with Gasteiger partial charge in [0.25, 0.3) is 0 Å². The zero-order valence-corrected chi connectivity index (χ0v) is 13.2. The minimum Gasteiger partial charge on any atom is -0.316 e. The lowest BCUT2D eigenvalue weighted by Gasteiger charge is -2.17. The lowest BCUT2D eigenvalue weighted by molar-refractivity contribution is 0.556. The Kier molecular flexibility index (Phi) is 5.22. The standard InChI is InChI=1S/C18H22ClN/c1-13-4-5-16(10-14(13)2)12-18(20-3)11-15-6-8-17(19)9-7-15/h4-10,18,20H,11-12H2,1-3H3. The molecule has 2 aromatic rings. The molecule has 0 aromatic heterocycles. The summed E-state index contributed by atoms with van der Waals surface area (Å²) in [6.45, 7) is 4.33. The first-order chi connectivity index (χ1) is 9.58. The van der Waals surface area contributed by atoms with Crippen LogP contribution in [0, 0.1) is 13.8 Å². The van der Waals surface area contributed by atoms with Crippen LogP contribution >= 0.6 is 11.6 Å². The van der Waals surface area contributed by atoms with Crippen LogP contribution in [0.15, 0.2) is 42.5 Å². The van der Waals surface area contributed by atoms with E-state index in [4.69, 9.17) is 11.6 Å².